The highest BCUT2D eigenvalue weighted by Crippen LogP contribution is 2.27. The maximum Gasteiger partial charge on any atom is 0.0165 e. The van der Waals surface area contributed by atoms with Crippen LogP contribution in [0.25, 0.3) is 0 Å². The van der Waals surface area contributed by atoms with E-state index in [0.29, 0.717) is 0 Å². The molecule has 2 heteroatoms. The standard InChI is InChI=1S/C18H34N2/c1-15(2)9-12-20-13-10-18(11-14-20)19-16(3)17-7-5-4-6-8-17/h9,16-19H,4-8,10-14H2,1-3H3/t16-/m1/s1. The highest BCUT2D eigenvalue weighted by Gasteiger charge is 2.24. The van der Waals surface area contributed by atoms with Gasteiger partial charge in [-0.3, -0.25) is 4.90 Å². The molecule has 0 aromatic rings. The van der Waals surface area contributed by atoms with Crippen LogP contribution < -0.4 is 5.32 Å². The molecule has 1 saturated carbocycles. The van der Waals surface area contributed by atoms with Crippen molar-refractivity contribution >= 4 is 0 Å². The summed E-state index contributed by atoms with van der Waals surface area (Å²) >= 11 is 0. The van der Waals surface area contributed by atoms with Crippen molar-refractivity contribution in [1.82, 2.24) is 10.2 Å². The third-order valence-electron chi connectivity index (χ3n) is 5.20. The van der Waals surface area contributed by atoms with Crippen molar-refractivity contribution in [2.24, 2.45) is 5.92 Å². The lowest BCUT2D eigenvalue weighted by Crippen LogP contribution is -2.47. The average Bonchev–Trinajstić information content (AvgIpc) is 2.47. The average molecular weight is 278 g/mol. The Bertz CT molecular complexity index is 293. The van der Waals surface area contributed by atoms with Crippen LogP contribution in [0.2, 0.25) is 0 Å². The van der Waals surface area contributed by atoms with Crippen molar-refractivity contribution < 1.29 is 0 Å². The summed E-state index contributed by atoms with van der Waals surface area (Å²) in [7, 11) is 0. The molecule has 0 aromatic heterocycles. The summed E-state index contributed by atoms with van der Waals surface area (Å²) in [6.07, 6.45) is 12.3. The van der Waals surface area contributed by atoms with Gasteiger partial charge < -0.3 is 5.32 Å². The molecule has 0 bridgehead atoms. The molecule has 0 radical (unpaired) electrons. The SMILES string of the molecule is CC(C)=CCN1CCC(N[C@H](C)C2CCCCC2)CC1. The van der Waals surface area contributed by atoms with Crippen LogP contribution in [0.15, 0.2) is 11.6 Å². The lowest BCUT2D eigenvalue weighted by molar-refractivity contribution is 0.187. The van der Waals surface area contributed by atoms with Crippen LogP contribution >= 0.6 is 0 Å². The van der Waals surface area contributed by atoms with E-state index in [1.54, 1.807) is 0 Å². The fourth-order valence-electron chi connectivity index (χ4n) is 3.74. The van der Waals surface area contributed by atoms with Crippen molar-refractivity contribution in [1.29, 1.82) is 0 Å². The number of hydrogen-bond donors (Lipinski definition) is 1. The van der Waals surface area contributed by atoms with Crippen molar-refractivity contribution in [3.05, 3.63) is 11.6 Å². The van der Waals surface area contributed by atoms with Crippen LogP contribution in [-0.2, 0) is 0 Å². The molecule has 0 spiro atoms. The Morgan fingerprint density at radius 2 is 1.75 bits per heavy atom. The Morgan fingerprint density at radius 1 is 1.10 bits per heavy atom. The Kier molecular flexibility index (Phi) is 6.57. The summed E-state index contributed by atoms with van der Waals surface area (Å²) in [5.41, 5.74) is 1.44. The molecule has 0 amide bonds. The second-order valence-electron chi connectivity index (χ2n) is 7.21. The van der Waals surface area contributed by atoms with E-state index in [9.17, 15) is 0 Å². The van der Waals surface area contributed by atoms with Gasteiger partial charge in [-0.15, -0.1) is 0 Å². The fourth-order valence-corrected chi connectivity index (χ4v) is 3.74. The van der Waals surface area contributed by atoms with Gasteiger partial charge in [0, 0.05) is 18.6 Å². The van der Waals surface area contributed by atoms with Crippen LogP contribution in [0.4, 0.5) is 0 Å². The molecule has 1 heterocycles. The smallest absolute Gasteiger partial charge is 0.0165 e. The van der Waals surface area contributed by atoms with Crippen molar-refractivity contribution in [3.8, 4) is 0 Å². The van der Waals surface area contributed by atoms with Gasteiger partial charge in [-0.1, -0.05) is 30.9 Å². The first-order valence-corrected chi connectivity index (χ1v) is 8.77. The number of piperidine rings is 1. The molecule has 1 N–H and O–H groups in total. The molecule has 1 saturated heterocycles. The lowest BCUT2D eigenvalue weighted by Gasteiger charge is -2.36. The number of nitrogens with one attached hydrogen (secondary N) is 1. The quantitative estimate of drug-likeness (QED) is 0.765. The van der Waals surface area contributed by atoms with Crippen molar-refractivity contribution in [2.45, 2.75) is 77.8 Å². The molecule has 1 aliphatic heterocycles. The van der Waals surface area contributed by atoms with E-state index in [1.165, 1.54) is 63.6 Å². The molecular formula is C18H34N2. The molecule has 2 nitrogen and oxygen atoms in total. The van der Waals surface area contributed by atoms with Crippen LogP contribution in [0.3, 0.4) is 0 Å². The summed E-state index contributed by atoms with van der Waals surface area (Å²) in [6, 6.07) is 1.49. The maximum absolute atomic E-state index is 3.93. The number of rotatable bonds is 5. The third-order valence-corrected chi connectivity index (χ3v) is 5.20. The number of allylic oxidation sites excluding steroid dienone is 1. The van der Waals surface area contributed by atoms with Crippen LogP contribution in [0, 0.1) is 5.92 Å². The van der Waals surface area contributed by atoms with E-state index in [1.807, 2.05) is 0 Å². The van der Waals surface area contributed by atoms with Gasteiger partial charge in [-0.2, -0.15) is 0 Å². The van der Waals surface area contributed by atoms with Gasteiger partial charge in [-0.05, 0) is 65.5 Å². The van der Waals surface area contributed by atoms with Gasteiger partial charge in [0.05, 0.1) is 0 Å². The van der Waals surface area contributed by atoms with E-state index in [-0.39, 0.29) is 0 Å². The molecule has 2 rings (SSSR count). The normalized spacial score (nSPS) is 24.6. The molecule has 0 aromatic carbocycles. The summed E-state index contributed by atoms with van der Waals surface area (Å²) in [6.45, 7) is 10.5. The number of likely N-dealkylation sites (tertiary alicyclic amines) is 1. The molecule has 20 heavy (non-hydrogen) atoms. The molecule has 116 valence electrons. The van der Waals surface area contributed by atoms with E-state index in [0.717, 1.165) is 24.5 Å². The predicted octanol–water partition coefficient (Wildman–Crippen LogP) is 3.98. The number of hydrogen-bond acceptors (Lipinski definition) is 2. The Balaban J connectivity index is 1.67. The second kappa shape index (κ2) is 8.19. The predicted molar refractivity (Wildman–Crippen MR) is 88.1 cm³/mol. The van der Waals surface area contributed by atoms with Crippen LogP contribution in [0.5, 0.6) is 0 Å². The molecule has 1 aliphatic carbocycles. The molecule has 0 unspecified atom stereocenters. The summed E-state index contributed by atoms with van der Waals surface area (Å²) in [5.74, 6) is 0.937. The van der Waals surface area contributed by atoms with Gasteiger partial charge in [0.25, 0.3) is 0 Å². The molecular weight excluding hydrogens is 244 g/mol. The van der Waals surface area contributed by atoms with E-state index >= 15 is 0 Å². The number of nitrogens with zero attached hydrogens (tertiary/aromatic N) is 1. The minimum atomic E-state index is 0.727. The summed E-state index contributed by atoms with van der Waals surface area (Å²) in [4.78, 5) is 2.59. The van der Waals surface area contributed by atoms with Crippen molar-refractivity contribution in [2.75, 3.05) is 19.6 Å². The molecule has 2 fully saturated rings. The monoisotopic (exact) mass is 278 g/mol. The topological polar surface area (TPSA) is 15.3 Å². The van der Waals surface area contributed by atoms with E-state index < -0.39 is 0 Å². The Labute approximate surface area is 126 Å². The van der Waals surface area contributed by atoms with Gasteiger partial charge in [-0.25, -0.2) is 0 Å². The highest BCUT2D eigenvalue weighted by atomic mass is 15.1. The first-order valence-electron chi connectivity index (χ1n) is 8.77. The zero-order valence-electron chi connectivity index (χ0n) is 13.8. The van der Waals surface area contributed by atoms with Gasteiger partial charge >= 0.3 is 0 Å². The highest BCUT2D eigenvalue weighted by molar-refractivity contribution is 4.96. The molecule has 2 aliphatic rings. The largest absolute Gasteiger partial charge is 0.311 e. The second-order valence-corrected chi connectivity index (χ2v) is 7.21. The Hall–Kier alpha value is -0.340. The molecule has 1 atom stereocenters. The minimum absolute atomic E-state index is 0.727. The van der Waals surface area contributed by atoms with Crippen LogP contribution in [-0.4, -0.2) is 36.6 Å². The van der Waals surface area contributed by atoms with Crippen LogP contribution in [0.1, 0.15) is 65.7 Å². The zero-order valence-corrected chi connectivity index (χ0v) is 13.8. The maximum atomic E-state index is 3.93. The first kappa shape index (κ1) is 16.0. The third kappa shape index (κ3) is 5.21. The summed E-state index contributed by atoms with van der Waals surface area (Å²) < 4.78 is 0. The van der Waals surface area contributed by atoms with E-state index in [4.69, 9.17) is 0 Å². The zero-order chi connectivity index (χ0) is 14.4. The minimum Gasteiger partial charge on any atom is -0.311 e. The lowest BCUT2D eigenvalue weighted by atomic mass is 9.84. The Morgan fingerprint density at radius 3 is 2.35 bits per heavy atom. The van der Waals surface area contributed by atoms with E-state index in [2.05, 4.69) is 37.1 Å². The first-order chi connectivity index (χ1) is 9.65. The summed E-state index contributed by atoms with van der Waals surface area (Å²) in [5, 5.41) is 3.93. The fraction of sp³-hybridized carbons (Fsp3) is 0.889. The van der Waals surface area contributed by atoms with Gasteiger partial charge in [0.2, 0.25) is 0 Å². The van der Waals surface area contributed by atoms with Gasteiger partial charge in [0.1, 0.15) is 0 Å². The van der Waals surface area contributed by atoms with Crippen molar-refractivity contribution in [3.63, 3.8) is 0 Å². The van der Waals surface area contributed by atoms with Gasteiger partial charge in [0.15, 0.2) is 0 Å².